The summed E-state index contributed by atoms with van der Waals surface area (Å²) in [5.74, 6) is -1.27. The lowest BCUT2D eigenvalue weighted by Gasteiger charge is -2.36. The number of aliphatic hydroxyl groups is 1. The van der Waals surface area contributed by atoms with Crippen LogP contribution in [0, 0.1) is 5.82 Å². The second-order valence-corrected chi connectivity index (χ2v) is 3.45. The third kappa shape index (κ3) is 1.60. The molecule has 0 aromatic heterocycles. The van der Waals surface area contributed by atoms with Crippen LogP contribution in [-0.4, -0.2) is 17.3 Å². The SMILES string of the molecule is O=C1Nc2cccc(F)c2C(O)(C(F)(F)F)N1. The van der Waals surface area contributed by atoms with Crippen LogP contribution < -0.4 is 10.6 Å². The molecule has 4 nitrogen and oxygen atoms in total. The number of anilines is 1. The summed E-state index contributed by atoms with van der Waals surface area (Å²) in [6.07, 6.45) is -5.23. The molecule has 1 aromatic carbocycles. The Labute approximate surface area is 92.2 Å². The van der Waals surface area contributed by atoms with Crippen LogP contribution in [-0.2, 0) is 5.72 Å². The van der Waals surface area contributed by atoms with Crippen LogP contribution in [0.1, 0.15) is 5.56 Å². The molecular weight excluding hydrogens is 244 g/mol. The number of fused-ring (bicyclic) bond motifs is 1. The van der Waals surface area contributed by atoms with Crippen molar-refractivity contribution in [3.05, 3.63) is 29.6 Å². The molecule has 92 valence electrons. The van der Waals surface area contributed by atoms with Crippen molar-refractivity contribution in [3.8, 4) is 0 Å². The Balaban J connectivity index is 2.70. The summed E-state index contributed by atoms with van der Waals surface area (Å²) < 4.78 is 51.5. The number of benzene rings is 1. The highest BCUT2D eigenvalue weighted by atomic mass is 19.4. The van der Waals surface area contributed by atoms with E-state index in [1.54, 1.807) is 0 Å². The van der Waals surface area contributed by atoms with Crippen molar-refractivity contribution in [1.82, 2.24) is 5.32 Å². The number of halogens is 4. The summed E-state index contributed by atoms with van der Waals surface area (Å²) in [6, 6.07) is 1.68. The molecule has 1 atom stereocenters. The van der Waals surface area contributed by atoms with Gasteiger partial charge in [-0.1, -0.05) is 6.07 Å². The van der Waals surface area contributed by atoms with E-state index < -0.39 is 35.0 Å². The van der Waals surface area contributed by atoms with E-state index in [4.69, 9.17) is 0 Å². The standard InChI is InChI=1S/C9H6F4N2O2/c10-4-2-1-3-5-6(4)8(17,9(11,12)13)15-7(16)14-5/h1-3,17H,(H2,14,15,16). The summed E-state index contributed by atoms with van der Waals surface area (Å²) >= 11 is 0. The van der Waals surface area contributed by atoms with E-state index in [1.165, 1.54) is 5.32 Å². The molecule has 2 rings (SSSR count). The normalized spacial score (nSPS) is 23.7. The second kappa shape index (κ2) is 3.33. The molecular formula is C9H6F4N2O2. The van der Waals surface area contributed by atoms with E-state index in [0.29, 0.717) is 0 Å². The molecule has 0 aliphatic carbocycles. The van der Waals surface area contributed by atoms with Gasteiger partial charge < -0.3 is 10.4 Å². The lowest BCUT2D eigenvalue weighted by molar-refractivity contribution is -0.275. The number of nitrogens with one attached hydrogen (secondary N) is 2. The molecule has 17 heavy (non-hydrogen) atoms. The summed E-state index contributed by atoms with van der Waals surface area (Å²) in [4.78, 5) is 11.0. The predicted octanol–water partition coefficient (Wildman–Crippen LogP) is 1.67. The van der Waals surface area contributed by atoms with Gasteiger partial charge in [0.15, 0.2) is 0 Å². The number of hydrogen-bond donors (Lipinski definition) is 3. The zero-order valence-electron chi connectivity index (χ0n) is 8.10. The lowest BCUT2D eigenvalue weighted by atomic mass is 9.97. The molecule has 2 amide bonds. The minimum atomic E-state index is -5.23. The number of amides is 2. The highest BCUT2D eigenvalue weighted by molar-refractivity contribution is 5.93. The molecule has 0 saturated carbocycles. The fourth-order valence-corrected chi connectivity index (χ4v) is 1.59. The number of carbonyl (C=O) groups excluding carboxylic acids is 1. The van der Waals surface area contributed by atoms with Crippen molar-refractivity contribution in [2.24, 2.45) is 0 Å². The second-order valence-electron chi connectivity index (χ2n) is 3.45. The monoisotopic (exact) mass is 250 g/mol. The van der Waals surface area contributed by atoms with Crippen molar-refractivity contribution < 1.29 is 27.5 Å². The zero-order valence-corrected chi connectivity index (χ0v) is 8.10. The minimum absolute atomic E-state index is 0.423. The Kier molecular flexibility index (Phi) is 2.28. The Morgan fingerprint density at radius 1 is 1.29 bits per heavy atom. The first-order chi connectivity index (χ1) is 7.75. The smallest absolute Gasteiger partial charge is 0.360 e. The van der Waals surface area contributed by atoms with E-state index in [2.05, 4.69) is 0 Å². The molecule has 3 N–H and O–H groups in total. The van der Waals surface area contributed by atoms with Crippen LogP contribution in [0.5, 0.6) is 0 Å². The maximum atomic E-state index is 13.4. The van der Waals surface area contributed by atoms with Gasteiger partial charge in [0.25, 0.3) is 5.72 Å². The van der Waals surface area contributed by atoms with Gasteiger partial charge in [0.1, 0.15) is 5.82 Å². The van der Waals surface area contributed by atoms with Crippen LogP contribution in [0.3, 0.4) is 0 Å². The van der Waals surface area contributed by atoms with E-state index in [1.807, 2.05) is 5.32 Å². The van der Waals surface area contributed by atoms with Gasteiger partial charge in [-0.2, -0.15) is 13.2 Å². The van der Waals surface area contributed by atoms with Crippen molar-refractivity contribution in [3.63, 3.8) is 0 Å². The predicted molar refractivity (Wildman–Crippen MR) is 48.5 cm³/mol. The summed E-state index contributed by atoms with van der Waals surface area (Å²) in [5, 5.41) is 12.7. The number of carbonyl (C=O) groups is 1. The van der Waals surface area contributed by atoms with Crippen LogP contribution >= 0.6 is 0 Å². The van der Waals surface area contributed by atoms with Gasteiger partial charge in [0.05, 0.1) is 11.3 Å². The summed E-state index contributed by atoms with van der Waals surface area (Å²) in [7, 11) is 0. The largest absolute Gasteiger partial charge is 0.441 e. The van der Waals surface area contributed by atoms with E-state index >= 15 is 0 Å². The zero-order chi connectivity index (χ0) is 12.8. The van der Waals surface area contributed by atoms with E-state index in [-0.39, 0.29) is 0 Å². The van der Waals surface area contributed by atoms with Crippen LogP contribution in [0.15, 0.2) is 18.2 Å². The van der Waals surface area contributed by atoms with E-state index in [9.17, 15) is 27.5 Å². The molecule has 1 aromatic rings. The quantitative estimate of drug-likeness (QED) is 0.613. The van der Waals surface area contributed by atoms with Gasteiger partial charge in [-0.3, -0.25) is 5.32 Å². The molecule has 0 fully saturated rings. The van der Waals surface area contributed by atoms with Crippen molar-refractivity contribution in [2.45, 2.75) is 11.9 Å². The molecule has 1 aliphatic rings. The van der Waals surface area contributed by atoms with Crippen molar-refractivity contribution in [2.75, 3.05) is 5.32 Å². The molecule has 8 heteroatoms. The van der Waals surface area contributed by atoms with Gasteiger partial charge in [0.2, 0.25) is 0 Å². The van der Waals surface area contributed by atoms with Crippen molar-refractivity contribution >= 4 is 11.7 Å². The molecule has 0 saturated heterocycles. The topological polar surface area (TPSA) is 61.4 Å². The molecule has 1 aliphatic heterocycles. The maximum absolute atomic E-state index is 13.4. The number of urea groups is 1. The fraction of sp³-hybridized carbons (Fsp3) is 0.222. The molecule has 0 spiro atoms. The Morgan fingerprint density at radius 3 is 2.53 bits per heavy atom. The highest BCUT2D eigenvalue weighted by Gasteiger charge is 2.60. The van der Waals surface area contributed by atoms with Gasteiger partial charge in [0, 0.05) is 0 Å². The van der Waals surface area contributed by atoms with Crippen LogP contribution in [0.25, 0.3) is 0 Å². The molecule has 1 heterocycles. The third-order valence-corrected chi connectivity index (χ3v) is 2.33. The minimum Gasteiger partial charge on any atom is -0.360 e. The average molecular weight is 250 g/mol. The molecule has 0 bridgehead atoms. The number of hydrogen-bond acceptors (Lipinski definition) is 2. The molecule has 1 unspecified atom stereocenters. The Bertz CT molecular complexity index is 488. The Hall–Kier alpha value is -1.83. The van der Waals surface area contributed by atoms with Gasteiger partial charge >= 0.3 is 12.2 Å². The summed E-state index contributed by atoms with van der Waals surface area (Å²) in [5.41, 5.74) is -5.20. The van der Waals surface area contributed by atoms with Gasteiger partial charge in [-0.05, 0) is 12.1 Å². The first kappa shape index (κ1) is 11.6. The summed E-state index contributed by atoms with van der Waals surface area (Å²) in [6.45, 7) is 0. The third-order valence-electron chi connectivity index (χ3n) is 2.33. The van der Waals surface area contributed by atoms with Gasteiger partial charge in [-0.15, -0.1) is 0 Å². The van der Waals surface area contributed by atoms with Crippen LogP contribution in [0.4, 0.5) is 28.0 Å². The first-order valence-corrected chi connectivity index (χ1v) is 4.43. The van der Waals surface area contributed by atoms with Crippen LogP contribution in [0.2, 0.25) is 0 Å². The highest BCUT2D eigenvalue weighted by Crippen LogP contribution is 2.42. The average Bonchev–Trinajstić information content (AvgIpc) is 2.14. The van der Waals surface area contributed by atoms with E-state index in [0.717, 1.165) is 18.2 Å². The van der Waals surface area contributed by atoms with Gasteiger partial charge in [-0.25, -0.2) is 9.18 Å². The number of alkyl halides is 3. The fourth-order valence-electron chi connectivity index (χ4n) is 1.59. The first-order valence-electron chi connectivity index (χ1n) is 4.43. The lowest BCUT2D eigenvalue weighted by Crippen LogP contribution is -2.60. The maximum Gasteiger partial charge on any atom is 0.441 e. The van der Waals surface area contributed by atoms with Crippen molar-refractivity contribution in [1.29, 1.82) is 0 Å². The Morgan fingerprint density at radius 2 is 1.94 bits per heavy atom. The molecule has 0 radical (unpaired) electrons. The number of rotatable bonds is 0.